The third-order valence-electron chi connectivity index (χ3n) is 5.60. The summed E-state index contributed by atoms with van der Waals surface area (Å²) in [4.78, 5) is 15.0. The Labute approximate surface area is 185 Å². The summed E-state index contributed by atoms with van der Waals surface area (Å²) in [5.41, 5.74) is 3.32. The highest BCUT2D eigenvalue weighted by atomic mass is 32.2. The molecule has 0 aliphatic carbocycles. The number of hydrogen-bond donors (Lipinski definition) is 1. The molecule has 0 bridgehead atoms. The number of nitrogens with one attached hydrogen (secondary N) is 1. The molecule has 7 nitrogen and oxygen atoms in total. The molecule has 1 amide bonds. The standard InChI is InChI=1S/C23H32N4O3S/c1-25(2)31(29,30)26(3)22-12-10-21(11-13-22)23(28)24-17-19-8-7-9-20(16-19)18-27-14-5-4-6-15-27/h7-13,16H,4-6,14-15,17-18H2,1-3H3,(H,24,28). The molecule has 31 heavy (non-hydrogen) atoms. The quantitative estimate of drug-likeness (QED) is 0.680. The van der Waals surface area contributed by atoms with Crippen LogP contribution in [0.2, 0.25) is 0 Å². The number of anilines is 1. The fourth-order valence-corrected chi connectivity index (χ4v) is 4.58. The van der Waals surface area contributed by atoms with Gasteiger partial charge in [0.05, 0.1) is 5.69 Å². The first-order valence-electron chi connectivity index (χ1n) is 10.6. The largest absolute Gasteiger partial charge is 0.348 e. The Hall–Kier alpha value is -2.42. The van der Waals surface area contributed by atoms with E-state index >= 15 is 0 Å². The van der Waals surface area contributed by atoms with Gasteiger partial charge in [-0.15, -0.1) is 0 Å². The van der Waals surface area contributed by atoms with Crippen LogP contribution >= 0.6 is 0 Å². The predicted octanol–water partition coefficient (Wildman–Crippen LogP) is 2.85. The first-order chi connectivity index (χ1) is 14.8. The van der Waals surface area contributed by atoms with E-state index in [4.69, 9.17) is 0 Å². The zero-order valence-corrected chi connectivity index (χ0v) is 19.4. The second kappa shape index (κ2) is 10.3. The summed E-state index contributed by atoms with van der Waals surface area (Å²) < 4.78 is 26.8. The minimum absolute atomic E-state index is 0.189. The number of carbonyl (C=O) groups is 1. The Morgan fingerprint density at radius 2 is 1.61 bits per heavy atom. The van der Waals surface area contributed by atoms with E-state index in [1.807, 2.05) is 12.1 Å². The van der Waals surface area contributed by atoms with Crippen molar-refractivity contribution in [2.75, 3.05) is 38.5 Å². The Morgan fingerprint density at radius 3 is 2.26 bits per heavy atom. The number of carbonyl (C=O) groups excluding carboxylic acids is 1. The van der Waals surface area contributed by atoms with Gasteiger partial charge in [0.15, 0.2) is 0 Å². The van der Waals surface area contributed by atoms with Gasteiger partial charge in [0.1, 0.15) is 0 Å². The summed E-state index contributed by atoms with van der Waals surface area (Å²) in [5, 5.41) is 2.95. The van der Waals surface area contributed by atoms with E-state index in [1.165, 1.54) is 50.3 Å². The van der Waals surface area contributed by atoms with Gasteiger partial charge in [-0.3, -0.25) is 14.0 Å². The first-order valence-corrected chi connectivity index (χ1v) is 12.0. The van der Waals surface area contributed by atoms with E-state index in [0.717, 1.165) is 29.5 Å². The van der Waals surface area contributed by atoms with Crippen molar-refractivity contribution in [2.24, 2.45) is 0 Å². The summed E-state index contributed by atoms with van der Waals surface area (Å²) in [7, 11) is 0.888. The number of nitrogens with zero attached hydrogens (tertiary/aromatic N) is 3. The van der Waals surface area contributed by atoms with Crippen molar-refractivity contribution >= 4 is 21.8 Å². The van der Waals surface area contributed by atoms with Crippen LogP contribution in [-0.2, 0) is 23.3 Å². The van der Waals surface area contributed by atoms with Gasteiger partial charge in [0.2, 0.25) is 0 Å². The lowest BCUT2D eigenvalue weighted by Gasteiger charge is -2.26. The fourth-order valence-electron chi connectivity index (χ4n) is 3.70. The average Bonchev–Trinajstić information content (AvgIpc) is 2.78. The lowest BCUT2D eigenvalue weighted by atomic mass is 10.1. The number of piperidine rings is 1. The highest BCUT2D eigenvalue weighted by Gasteiger charge is 2.21. The van der Waals surface area contributed by atoms with Crippen LogP contribution in [0.3, 0.4) is 0 Å². The van der Waals surface area contributed by atoms with Crippen LogP contribution in [0, 0.1) is 0 Å². The van der Waals surface area contributed by atoms with Gasteiger partial charge < -0.3 is 5.32 Å². The molecule has 2 aromatic carbocycles. The summed E-state index contributed by atoms with van der Waals surface area (Å²) in [6, 6.07) is 14.9. The van der Waals surface area contributed by atoms with Gasteiger partial charge in [-0.1, -0.05) is 30.7 Å². The van der Waals surface area contributed by atoms with Gasteiger partial charge in [0, 0.05) is 39.8 Å². The first kappa shape index (κ1) is 23.2. The molecule has 0 radical (unpaired) electrons. The maximum Gasteiger partial charge on any atom is 0.303 e. The smallest absolute Gasteiger partial charge is 0.303 e. The molecule has 0 saturated carbocycles. The number of likely N-dealkylation sites (tertiary alicyclic amines) is 1. The molecule has 0 spiro atoms. The molecule has 0 unspecified atom stereocenters. The van der Waals surface area contributed by atoms with Crippen molar-refractivity contribution in [3.05, 3.63) is 65.2 Å². The minimum Gasteiger partial charge on any atom is -0.348 e. The average molecular weight is 445 g/mol. The third-order valence-corrected chi connectivity index (χ3v) is 7.43. The van der Waals surface area contributed by atoms with Crippen molar-refractivity contribution < 1.29 is 13.2 Å². The van der Waals surface area contributed by atoms with E-state index in [-0.39, 0.29) is 5.91 Å². The van der Waals surface area contributed by atoms with Gasteiger partial charge in [-0.2, -0.15) is 12.7 Å². The van der Waals surface area contributed by atoms with Gasteiger partial charge in [-0.25, -0.2) is 0 Å². The molecular weight excluding hydrogens is 412 g/mol. The van der Waals surface area contributed by atoms with Gasteiger partial charge >= 0.3 is 10.2 Å². The summed E-state index contributed by atoms with van der Waals surface area (Å²) >= 11 is 0. The number of benzene rings is 2. The molecule has 168 valence electrons. The third kappa shape index (κ3) is 6.06. The van der Waals surface area contributed by atoms with E-state index in [1.54, 1.807) is 24.3 Å². The molecule has 1 fully saturated rings. The van der Waals surface area contributed by atoms with E-state index < -0.39 is 10.2 Å². The maximum absolute atomic E-state index is 12.5. The SMILES string of the molecule is CN(C)S(=O)(=O)N(C)c1ccc(C(=O)NCc2cccc(CN3CCCCC3)c2)cc1. The van der Waals surface area contributed by atoms with Crippen molar-refractivity contribution in [3.63, 3.8) is 0 Å². The van der Waals surface area contributed by atoms with Crippen LogP contribution in [0.1, 0.15) is 40.7 Å². The normalized spacial score (nSPS) is 15.1. The van der Waals surface area contributed by atoms with Crippen LogP contribution in [0.5, 0.6) is 0 Å². The zero-order chi connectivity index (χ0) is 22.4. The Kier molecular flexibility index (Phi) is 7.69. The van der Waals surface area contributed by atoms with Crippen molar-refractivity contribution in [1.29, 1.82) is 0 Å². The fraction of sp³-hybridized carbons (Fsp3) is 0.435. The number of rotatable bonds is 8. The molecular formula is C23H32N4O3S. The second-order valence-electron chi connectivity index (χ2n) is 8.14. The van der Waals surface area contributed by atoms with Crippen LogP contribution in [0.4, 0.5) is 5.69 Å². The van der Waals surface area contributed by atoms with Crippen molar-refractivity contribution in [1.82, 2.24) is 14.5 Å². The maximum atomic E-state index is 12.5. The molecule has 0 atom stereocenters. The highest BCUT2D eigenvalue weighted by molar-refractivity contribution is 7.90. The molecule has 8 heteroatoms. The molecule has 1 aliphatic rings. The summed E-state index contributed by atoms with van der Waals surface area (Å²) in [6.07, 6.45) is 3.86. The Balaban J connectivity index is 1.58. The van der Waals surface area contributed by atoms with Gasteiger partial charge in [-0.05, 0) is 61.3 Å². The predicted molar refractivity (Wildman–Crippen MR) is 124 cm³/mol. The Bertz CT molecular complexity index is 984. The highest BCUT2D eigenvalue weighted by Crippen LogP contribution is 2.18. The second-order valence-corrected chi connectivity index (χ2v) is 10.3. The number of hydrogen-bond acceptors (Lipinski definition) is 4. The van der Waals surface area contributed by atoms with Crippen molar-refractivity contribution in [3.8, 4) is 0 Å². The summed E-state index contributed by atoms with van der Waals surface area (Å²) in [5.74, 6) is -0.189. The number of amides is 1. The van der Waals surface area contributed by atoms with Gasteiger partial charge in [0.25, 0.3) is 5.91 Å². The van der Waals surface area contributed by atoms with E-state index in [9.17, 15) is 13.2 Å². The van der Waals surface area contributed by atoms with E-state index in [0.29, 0.717) is 17.8 Å². The molecule has 1 heterocycles. The lowest BCUT2D eigenvalue weighted by Crippen LogP contribution is -2.37. The molecule has 3 rings (SSSR count). The van der Waals surface area contributed by atoms with Crippen LogP contribution < -0.4 is 9.62 Å². The molecule has 2 aromatic rings. The van der Waals surface area contributed by atoms with Crippen LogP contribution in [-0.4, -0.2) is 57.8 Å². The van der Waals surface area contributed by atoms with Crippen LogP contribution in [0.25, 0.3) is 0 Å². The Morgan fingerprint density at radius 1 is 0.968 bits per heavy atom. The topological polar surface area (TPSA) is 73.0 Å². The molecule has 1 N–H and O–H groups in total. The zero-order valence-electron chi connectivity index (χ0n) is 18.5. The van der Waals surface area contributed by atoms with Crippen LogP contribution in [0.15, 0.2) is 48.5 Å². The summed E-state index contributed by atoms with van der Waals surface area (Å²) in [6.45, 7) is 3.71. The van der Waals surface area contributed by atoms with Crippen molar-refractivity contribution in [2.45, 2.75) is 32.4 Å². The molecule has 1 aliphatic heterocycles. The lowest BCUT2D eigenvalue weighted by molar-refractivity contribution is 0.0951. The molecule has 1 saturated heterocycles. The van der Waals surface area contributed by atoms with E-state index in [2.05, 4.69) is 22.3 Å². The monoisotopic (exact) mass is 444 g/mol. The molecule has 0 aromatic heterocycles. The minimum atomic E-state index is -3.56.